The van der Waals surface area contributed by atoms with E-state index < -0.39 is 17.9 Å². The summed E-state index contributed by atoms with van der Waals surface area (Å²) in [6, 6.07) is 0. The highest BCUT2D eigenvalue weighted by molar-refractivity contribution is 5.94. The quantitative estimate of drug-likeness (QED) is 0.0779. The largest absolute Gasteiger partial charge is 0.465 e. The van der Waals surface area contributed by atoms with Crippen molar-refractivity contribution in [3.63, 3.8) is 0 Å². The zero-order valence-electron chi connectivity index (χ0n) is 20.4. The van der Waals surface area contributed by atoms with Gasteiger partial charge in [0.15, 0.2) is 5.92 Å². The van der Waals surface area contributed by atoms with E-state index in [4.69, 9.17) is 9.47 Å². The van der Waals surface area contributed by atoms with Crippen LogP contribution in [0.2, 0.25) is 0 Å². The van der Waals surface area contributed by atoms with E-state index in [1.54, 1.807) is 0 Å². The molecule has 0 aromatic rings. The van der Waals surface area contributed by atoms with Crippen LogP contribution < -0.4 is 0 Å². The van der Waals surface area contributed by atoms with Gasteiger partial charge in [0, 0.05) is 0 Å². The average Bonchev–Trinajstić information content (AvgIpc) is 2.74. The van der Waals surface area contributed by atoms with Crippen LogP contribution in [0.3, 0.4) is 0 Å². The molecular formula is C26H52MgO4. The van der Waals surface area contributed by atoms with E-state index in [9.17, 15) is 9.59 Å². The van der Waals surface area contributed by atoms with E-state index in [0.717, 1.165) is 32.1 Å². The second-order valence-electron chi connectivity index (χ2n) is 8.63. The van der Waals surface area contributed by atoms with Crippen molar-refractivity contribution in [1.82, 2.24) is 0 Å². The number of hydrogen-bond donors (Lipinski definition) is 0. The third kappa shape index (κ3) is 21.3. The zero-order chi connectivity index (χ0) is 22.3. The summed E-state index contributed by atoms with van der Waals surface area (Å²) < 4.78 is 10.7. The Hall–Kier alpha value is -0.294. The summed E-state index contributed by atoms with van der Waals surface area (Å²) in [6.45, 7) is 7.27. The van der Waals surface area contributed by atoms with Gasteiger partial charge in [0.05, 0.1) is 13.2 Å². The minimum Gasteiger partial charge on any atom is -0.465 e. The number of esters is 2. The minimum absolute atomic E-state index is 0. The lowest BCUT2D eigenvalue weighted by molar-refractivity contribution is -0.162. The van der Waals surface area contributed by atoms with Gasteiger partial charge in [-0.3, -0.25) is 9.59 Å². The Morgan fingerprint density at radius 2 is 0.839 bits per heavy atom. The first-order valence-corrected chi connectivity index (χ1v) is 13.0. The summed E-state index contributed by atoms with van der Waals surface area (Å²) in [5.41, 5.74) is 0. The van der Waals surface area contributed by atoms with Crippen molar-refractivity contribution < 1.29 is 19.1 Å². The van der Waals surface area contributed by atoms with Gasteiger partial charge in [0.1, 0.15) is 0 Å². The van der Waals surface area contributed by atoms with Crippen molar-refractivity contribution >= 4 is 35.0 Å². The van der Waals surface area contributed by atoms with Crippen LogP contribution in [0.4, 0.5) is 0 Å². The summed E-state index contributed by atoms with van der Waals surface area (Å²) in [5.74, 6) is -1.56. The van der Waals surface area contributed by atoms with Gasteiger partial charge in [-0.05, 0) is 19.3 Å². The van der Waals surface area contributed by atoms with Crippen molar-refractivity contribution in [2.75, 3.05) is 13.2 Å². The fourth-order valence-corrected chi connectivity index (χ4v) is 3.64. The van der Waals surface area contributed by atoms with Gasteiger partial charge < -0.3 is 9.47 Å². The molecule has 0 heterocycles. The smallest absolute Gasteiger partial charge is 0.320 e. The predicted octanol–water partition coefficient (Wildman–Crippen LogP) is 6.85. The molecule has 0 spiro atoms. The monoisotopic (exact) mass is 452 g/mol. The summed E-state index contributed by atoms with van der Waals surface area (Å²) in [4.78, 5) is 24.6. The first-order chi connectivity index (χ1) is 14.7. The maximum Gasteiger partial charge on any atom is 0.320 e. The standard InChI is InChI=1S/C26H50O4.Mg.2H/c1-4-7-9-11-13-15-17-19-22-29-25(27)24(21-6-3)26(28)30-23-20-18-16-14-12-10-8-5-2;;;/h24H,4-23H2,1-3H3;;;. The van der Waals surface area contributed by atoms with Gasteiger partial charge in [-0.25, -0.2) is 0 Å². The Labute approximate surface area is 209 Å². The van der Waals surface area contributed by atoms with Crippen LogP contribution in [0.15, 0.2) is 0 Å². The van der Waals surface area contributed by atoms with Crippen LogP contribution in [-0.4, -0.2) is 48.2 Å². The lowest BCUT2D eigenvalue weighted by Gasteiger charge is -2.15. The topological polar surface area (TPSA) is 52.6 Å². The van der Waals surface area contributed by atoms with Crippen molar-refractivity contribution in [2.45, 2.75) is 136 Å². The normalized spacial score (nSPS) is 10.7. The predicted molar refractivity (Wildman–Crippen MR) is 134 cm³/mol. The van der Waals surface area contributed by atoms with E-state index in [0.29, 0.717) is 19.6 Å². The highest BCUT2D eigenvalue weighted by Crippen LogP contribution is 2.14. The Balaban J connectivity index is 0. The van der Waals surface area contributed by atoms with Crippen molar-refractivity contribution in [1.29, 1.82) is 0 Å². The molecule has 0 saturated carbocycles. The summed E-state index contributed by atoms with van der Waals surface area (Å²) in [6.07, 6.45) is 20.6. The molecule has 0 aromatic heterocycles. The molecule has 0 aliphatic rings. The Bertz CT molecular complexity index is 367. The van der Waals surface area contributed by atoms with Crippen LogP contribution in [-0.2, 0) is 19.1 Å². The molecule has 0 radical (unpaired) electrons. The lowest BCUT2D eigenvalue weighted by atomic mass is 10.0. The minimum atomic E-state index is -0.752. The third-order valence-corrected chi connectivity index (χ3v) is 5.63. The molecule has 0 saturated heterocycles. The van der Waals surface area contributed by atoms with Crippen molar-refractivity contribution in [3.8, 4) is 0 Å². The molecule has 0 fully saturated rings. The number of hydrogen-bond acceptors (Lipinski definition) is 4. The molecular weight excluding hydrogens is 401 g/mol. The van der Waals surface area contributed by atoms with E-state index in [2.05, 4.69) is 13.8 Å². The Morgan fingerprint density at radius 1 is 0.516 bits per heavy atom. The first-order valence-electron chi connectivity index (χ1n) is 13.0. The van der Waals surface area contributed by atoms with Crippen molar-refractivity contribution in [2.24, 2.45) is 5.92 Å². The maximum absolute atomic E-state index is 12.3. The van der Waals surface area contributed by atoms with Gasteiger partial charge in [0.2, 0.25) is 0 Å². The lowest BCUT2D eigenvalue weighted by Crippen LogP contribution is -2.28. The number of rotatable bonds is 22. The van der Waals surface area contributed by atoms with Gasteiger partial charge in [0.25, 0.3) is 0 Å². The molecule has 0 N–H and O–H groups in total. The van der Waals surface area contributed by atoms with Crippen LogP contribution in [0.1, 0.15) is 136 Å². The first kappa shape index (κ1) is 32.9. The Morgan fingerprint density at radius 3 is 1.16 bits per heavy atom. The number of ether oxygens (including phenoxy) is 2. The van der Waals surface area contributed by atoms with E-state index >= 15 is 0 Å². The average molecular weight is 453 g/mol. The van der Waals surface area contributed by atoms with Crippen LogP contribution in [0.5, 0.6) is 0 Å². The second kappa shape index (κ2) is 26.0. The highest BCUT2D eigenvalue weighted by Gasteiger charge is 2.28. The highest BCUT2D eigenvalue weighted by atomic mass is 24.3. The molecule has 0 rings (SSSR count). The number of unbranched alkanes of at least 4 members (excludes halogenated alkanes) is 14. The number of carbonyl (C=O) groups is 2. The van der Waals surface area contributed by atoms with E-state index in [1.165, 1.54) is 77.0 Å². The van der Waals surface area contributed by atoms with Gasteiger partial charge in [-0.15, -0.1) is 0 Å². The van der Waals surface area contributed by atoms with E-state index in [1.807, 2.05) is 6.92 Å². The van der Waals surface area contributed by atoms with E-state index in [-0.39, 0.29) is 23.1 Å². The van der Waals surface area contributed by atoms with Gasteiger partial charge in [-0.1, -0.05) is 117 Å². The number of carbonyl (C=O) groups excluding carboxylic acids is 2. The second-order valence-corrected chi connectivity index (χ2v) is 8.63. The molecule has 5 heteroatoms. The SMILES string of the molecule is CCCCCCCCCCOC(=O)C(CCC)C(=O)OCCCCCCCCCC.[MgH2]. The third-order valence-electron chi connectivity index (χ3n) is 5.63. The van der Waals surface area contributed by atoms with Crippen molar-refractivity contribution in [3.05, 3.63) is 0 Å². The molecule has 0 aliphatic heterocycles. The molecule has 182 valence electrons. The van der Waals surface area contributed by atoms with Gasteiger partial charge in [-0.2, -0.15) is 0 Å². The molecule has 31 heavy (non-hydrogen) atoms. The summed E-state index contributed by atoms with van der Waals surface area (Å²) in [7, 11) is 0. The maximum atomic E-state index is 12.3. The molecule has 0 aromatic carbocycles. The summed E-state index contributed by atoms with van der Waals surface area (Å²) in [5, 5.41) is 0. The molecule has 4 nitrogen and oxygen atoms in total. The fraction of sp³-hybridized carbons (Fsp3) is 0.923. The molecule has 0 bridgehead atoms. The molecule has 0 atom stereocenters. The van der Waals surface area contributed by atoms with Crippen LogP contribution in [0.25, 0.3) is 0 Å². The Kier molecular flexibility index (Phi) is 27.5. The van der Waals surface area contributed by atoms with Crippen LogP contribution >= 0.6 is 0 Å². The fourth-order valence-electron chi connectivity index (χ4n) is 3.64. The van der Waals surface area contributed by atoms with Gasteiger partial charge >= 0.3 is 35.0 Å². The van der Waals surface area contributed by atoms with Crippen LogP contribution in [0, 0.1) is 5.92 Å². The molecule has 0 unspecified atom stereocenters. The summed E-state index contributed by atoms with van der Waals surface area (Å²) >= 11 is 0. The molecule has 0 aliphatic carbocycles. The zero-order valence-corrected chi connectivity index (χ0v) is 20.4. The molecule has 0 amide bonds.